The molecular weight excluding hydrogens is 503 g/mol. The number of anilines is 2. The van der Waals surface area contributed by atoms with E-state index in [2.05, 4.69) is 4.98 Å². The highest BCUT2D eigenvalue weighted by molar-refractivity contribution is 5.77. The van der Waals surface area contributed by atoms with Crippen molar-refractivity contribution in [3.8, 4) is 5.75 Å². The molecule has 2 fully saturated rings. The van der Waals surface area contributed by atoms with Crippen LogP contribution in [0.2, 0.25) is 0 Å². The van der Waals surface area contributed by atoms with Gasteiger partial charge in [-0.3, -0.25) is 14.2 Å². The summed E-state index contributed by atoms with van der Waals surface area (Å²) < 4.78 is 55.6. The highest BCUT2D eigenvalue weighted by Gasteiger charge is 2.59. The molecule has 12 heteroatoms. The molecule has 4 heterocycles. The second-order valence-electron chi connectivity index (χ2n) is 10.6. The molecule has 3 aliphatic heterocycles. The van der Waals surface area contributed by atoms with Crippen molar-refractivity contribution in [2.45, 2.75) is 56.7 Å². The molecule has 3 aliphatic rings. The van der Waals surface area contributed by atoms with Gasteiger partial charge < -0.3 is 24.2 Å². The van der Waals surface area contributed by atoms with Gasteiger partial charge in [0, 0.05) is 39.8 Å². The Balaban J connectivity index is 1.36. The van der Waals surface area contributed by atoms with Crippen molar-refractivity contribution in [2.75, 3.05) is 50.1 Å². The van der Waals surface area contributed by atoms with Gasteiger partial charge in [0.1, 0.15) is 11.6 Å². The summed E-state index contributed by atoms with van der Waals surface area (Å²) in [4.78, 5) is 33.9. The Bertz CT molecular complexity index is 1240. The number of benzene rings is 1. The first-order valence-corrected chi connectivity index (χ1v) is 12.7. The molecule has 0 N–H and O–H groups in total. The molecule has 5 rings (SSSR count). The van der Waals surface area contributed by atoms with Crippen LogP contribution in [-0.4, -0.2) is 84.6 Å². The number of morpholine rings is 1. The highest BCUT2D eigenvalue weighted by atomic mass is 19.4. The summed E-state index contributed by atoms with van der Waals surface area (Å²) in [6, 6.07) is 8.24. The van der Waals surface area contributed by atoms with Crippen molar-refractivity contribution in [3.63, 3.8) is 0 Å². The Hall–Kier alpha value is -3.28. The van der Waals surface area contributed by atoms with Crippen molar-refractivity contribution in [1.29, 1.82) is 0 Å². The summed E-state index contributed by atoms with van der Waals surface area (Å²) in [6.07, 6.45) is -2.32. The van der Waals surface area contributed by atoms with Gasteiger partial charge in [-0.25, -0.2) is 0 Å². The lowest BCUT2D eigenvalue weighted by Crippen LogP contribution is -2.56. The predicted molar refractivity (Wildman–Crippen MR) is 135 cm³/mol. The second-order valence-corrected chi connectivity index (χ2v) is 10.6. The number of hydrogen-bond donors (Lipinski definition) is 0. The van der Waals surface area contributed by atoms with Crippen molar-refractivity contribution in [3.05, 3.63) is 46.2 Å². The minimum absolute atomic E-state index is 0.0135. The van der Waals surface area contributed by atoms with Gasteiger partial charge >= 0.3 is 6.18 Å². The van der Waals surface area contributed by atoms with Gasteiger partial charge in [-0.1, -0.05) is 12.1 Å². The van der Waals surface area contributed by atoms with Crippen molar-refractivity contribution < 1.29 is 27.4 Å². The van der Waals surface area contributed by atoms with Gasteiger partial charge in [-0.2, -0.15) is 18.2 Å². The van der Waals surface area contributed by atoms with E-state index in [4.69, 9.17) is 9.47 Å². The molecule has 38 heavy (non-hydrogen) atoms. The van der Waals surface area contributed by atoms with Crippen LogP contribution in [0.1, 0.15) is 25.3 Å². The van der Waals surface area contributed by atoms with Crippen LogP contribution in [0, 0.1) is 0 Å². The molecule has 0 spiro atoms. The van der Waals surface area contributed by atoms with E-state index in [9.17, 15) is 22.8 Å². The Morgan fingerprint density at radius 3 is 2.45 bits per heavy atom. The van der Waals surface area contributed by atoms with E-state index < -0.39 is 23.8 Å². The van der Waals surface area contributed by atoms with Crippen LogP contribution in [0.5, 0.6) is 5.75 Å². The van der Waals surface area contributed by atoms with Crippen LogP contribution < -0.4 is 20.1 Å². The number of amides is 1. The molecule has 9 nitrogen and oxygen atoms in total. The van der Waals surface area contributed by atoms with Crippen molar-refractivity contribution in [1.82, 2.24) is 14.5 Å². The topological polar surface area (TPSA) is 80.1 Å². The molecule has 1 amide bonds. The van der Waals surface area contributed by atoms with Crippen LogP contribution in [0.3, 0.4) is 0 Å². The molecular formula is C26H32F3N5O4. The predicted octanol–water partition coefficient (Wildman–Crippen LogP) is 2.46. The third-order valence-electron chi connectivity index (χ3n) is 7.66. The van der Waals surface area contributed by atoms with Gasteiger partial charge in [0.2, 0.25) is 5.95 Å². The van der Waals surface area contributed by atoms with Crippen LogP contribution in [0.25, 0.3) is 0 Å². The van der Waals surface area contributed by atoms with Gasteiger partial charge in [-0.05, 0) is 43.9 Å². The molecule has 1 aromatic carbocycles. The smallest absolute Gasteiger partial charge is 0.413 e. The zero-order valence-electron chi connectivity index (χ0n) is 21.7. The lowest BCUT2D eigenvalue weighted by molar-refractivity contribution is -0.182. The number of rotatable bonds is 7. The zero-order chi connectivity index (χ0) is 27.2. The van der Waals surface area contributed by atoms with Crippen molar-refractivity contribution >= 4 is 17.7 Å². The van der Waals surface area contributed by atoms with Gasteiger partial charge in [0.25, 0.3) is 11.5 Å². The van der Waals surface area contributed by atoms with Crippen LogP contribution in [0.4, 0.5) is 24.9 Å². The molecule has 0 radical (unpaired) electrons. The summed E-state index contributed by atoms with van der Waals surface area (Å²) in [5, 5.41) is 0. The fourth-order valence-corrected chi connectivity index (χ4v) is 5.27. The zero-order valence-corrected chi connectivity index (χ0v) is 21.7. The molecule has 206 valence electrons. The number of alkyl halides is 3. The van der Waals surface area contributed by atoms with Crippen LogP contribution >= 0.6 is 0 Å². The first-order chi connectivity index (χ1) is 17.9. The minimum atomic E-state index is -4.58. The Morgan fingerprint density at radius 2 is 1.84 bits per heavy atom. The molecule has 0 aliphatic carbocycles. The normalized spacial score (nSPS) is 24.5. The lowest BCUT2D eigenvalue weighted by Gasteiger charge is -2.37. The number of hydrogen-bond acceptors (Lipinski definition) is 7. The van der Waals surface area contributed by atoms with E-state index >= 15 is 0 Å². The first-order valence-electron chi connectivity index (χ1n) is 12.7. The summed E-state index contributed by atoms with van der Waals surface area (Å²) in [5.74, 6) is 0.743. The van der Waals surface area contributed by atoms with Crippen LogP contribution in [-0.2, 0) is 22.5 Å². The first kappa shape index (κ1) is 26.3. The van der Waals surface area contributed by atoms with E-state index in [0.717, 1.165) is 29.9 Å². The van der Waals surface area contributed by atoms with E-state index in [1.54, 1.807) is 38.4 Å². The fourth-order valence-electron chi connectivity index (χ4n) is 5.27. The fraction of sp³-hybridized carbons (Fsp3) is 0.577. The number of carbonyl (C=O) groups is 1. The standard InChI is InChI=1S/C26H32F3N5O4/c1-25(26(27,28)29)16-33-22(35)12-21(32-13-19-8-9-20(14-32)38-19)30-24(33)34(25)11-10-17-4-6-18(7-5-17)37-15-23(36)31(2)3/h4-7,12,19-20H,8-11,13-16H2,1-3H3/t19-,20-,25-/m0/s1. The van der Waals surface area contributed by atoms with Gasteiger partial charge in [-0.15, -0.1) is 0 Å². The summed E-state index contributed by atoms with van der Waals surface area (Å²) >= 11 is 0. The highest BCUT2D eigenvalue weighted by Crippen LogP contribution is 2.43. The van der Waals surface area contributed by atoms with E-state index in [-0.39, 0.29) is 37.2 Å². The molecule has 3 atom stereocenters. The third-order valence-corrected chi connectivity index (χ3v) is 7.66. The number of aromatic nitrogens is 2. The summed E-state index contributed by atoms with van der Waals surface area (Å²) in [7, 11) is 3.27. The number of halogens is 3. The maximum absolute atomic E-state index is 14.4. The maximum Gasteiger partial charge on any atom is 0.413 e. The molecule has 2 bridgehead atoms. The van der Waals surface area contributed by atoms with Crippen molar-refractivity contribution in [2.24, 2.45) is 0 Å². The molecule has 0 saturated carbocycles. The van der Waals surface area contributed by atoms with Gasteiger partial charge in [0.15, 0.2) is 12.1 Å². The van der Waals surface area contributed by atoms with Gasteiger partial charge in [0.05, 0.1) is 18.8 Å². The lowest BCUT2D eigenvalue weighted by atomic mass is 10.00. The number of likely N-dealkylation sites (N-methyl/N-ethyl adjacent to an activating group) is 1. The quantitative estimate of drug-likeness (QED) is 0.539. The average molecular weight is 536 g/mol. The number of carbonyl (C=O) groups excluding carboxylic acids is 1. The third kappa shape index (κ3) is 4.93. The molecule has 2 aromatic rings. The average Bonchev–Trinajstić information content (AvgIpc) is 3.37. The molecule has 0 unspecified atom stereocenters. The second kappa shape index (κ2) is 9.79. The van der Waals surface area contributed by atoms with Crippen LogP contribution in [0.15, 0.2) is 35.1 Å². The van der Waals surface area contributed by atoms with E-state index in [1.807, 2.05) is 4.90 Å². The summed E-state index contributed by atoms with van der Waals surface area (Å²) in [6.45, 7) is 1.65. The monoisotopic (exact) mass is 535 g/mol. The Kier molecular flexibility index (Phi) is 6.79. The van der Waals surface area contributed by atoms with E-state index in [1.165, 1.54) is 15.9 Å². The molecule has 1 aromatic heterocycles. The largest absolute Gasteiger partial charge is 0.484 e. The SMILES string of the molecule is CN(C)C(=O)COc1ccc(CCN2c3nc(N4C[C@@H]5CC[C@@H](C4)O5)cc(=O)n3C[C@@]2(C)C(F)(F)F)cc1. The number of nitrogens with zero attached hydrogens (tertiary/aromatic N) is 5. The maximum atomic E-state index is 14.4. The number of ether oxygens (including phenoxy) is 2. The molecule has 2 saturated heterocycles. The van der Waals surface area contributed by atoms with E-state index in [0.29, 0.717) is 31.1 Å². The Labute approximate surface area is 218 Å². The Morgan fingerprint density at radius 1 is 1.18 bits per heavy atom. The minimum Gasteiger partial charge on any atom is -0.484 e. The number of fused-ring (bicyclic) bond motifs is 3. The summed E-state index contributed by atoms with van der Waals surface area (Å²) in [5.41, 5.74) is -1.97.